The van der Waals surface area contributed by atoms with Crippen molar-refractivity contribution >= 4 is 38.3 Å². The molecule has 5 nitrogen and oxygen atoms in total. The van der Waals surface area contributed by atoms with Gasteiger partial charge in [-0.1, -0.05) is 23.5 Å². The molecular formula is C11H11BrN4OS. The zero-order valence-electron chi connectivity index (χ0n) is 9.63. The highest BCUT2D eigenvalue weighted by Gasteiger charge is 2.09. The average molecular weight is 327 g/mol. The first-order valence-electron chi connectivity index (χ1n) is 5.15. The van der Waals surface area contributed by atoms with Gasteiger partial charge in [0, 0.05) is 19.2 Å². The van der Waals surface area contributed by atoms with Crippen molar-refractivity contribution in [3.8, 4) is 0 Å². The molecule has 2 rings (SSSR count). The number of rotatable bonds is 4. The van der Waals surface area contributed by atoms with Crippen LogP contribution in [0.15, 0.2) is 28.2 Å². The van der Waals surface area contributed by atoms with Gasteiger partial charge in [0.2, 0.25) is 11.0 Å². The first kappa shape index (κ1) is 13.0. The van der Waals surface area contributed by atoms with E-state index in [1.807, 2.05) is 24.1 Å². The van der Waals surface area contributed by atoms with Gasteiger partial charge in [-0.2, -0.15) is 0 Å². The maximum Gasteiger partial charge on any atom is 0.248 e. The zero-order valence-corrected chi connectivity index (χ0v) is 12.0. The third-order valence-corrected chi connectivity index (χ3v) is 3.82. The summed E-state index contributed by atoms with van der Waals surface area (Å²) in [5, 5.41) is 8.73. The maximum atomic E-state index is 11.1. The van der Waals surface area contributed by atoms with E-state index < -0.39 is 5.91 Å². The number of nitrogens with zero attached hydrogens (tertiary/aromatic N) is 3. The summed E-state index contributed by atoms with van der Waals surface area (Å²) in [7, 11) is 1.92. The largest absolute Gasteiger partial charge is 0.366 e. The lowest BCUT2D eigenvalue weighted by Gasteiger charge is -2.15. The number of carbonyl (C=O) groups is 1. The Bertz CT molecular complexity index is 572. The van der Waals surface area contributed by atoms with Gasteiger partial charge >= 0.3 is 0 Å². The number of amides is 1. The topological polar surface area (TPSA) is 72.1 Å². The van der Waals surface area contributed by atoms with Crippen molar-refractivity contribution in [2.24, 2.45) is 5.73 Å². The van der Waals surface area contributed by atoms with Crippen molar-refractivity contribution in [3.63, 3.8) is 0 Å². The van der Waals surface area contributed by atoms with Gasteiger partial charge in [-0.15, -0.1) is 10.2 Å². The molecule has 0 saturated carbocycles. The summed E-state index contributed by atoms with van der Waals surface area (Å²) in [4.78, 5) is 13.1. The molecule has 0 aliphatic carbocycles. The average Bonchev–Trinajstić information content (AvgIpc) is 2.76. The second kappa shape index (κ2) is 5.45. The second-order valence-electron chi connectivity index (χ2n) is 3.76. The van der Waals surface area contributed by atoms with Crippen LogP contribution in [0.1, 0.15) is 15.9 Å². The Morgan fingerprint density at radius 3 is 2.89 bits per heavy atom. The molecule has 2 N–H and O–H groups in total. The molecule has 1 aromatic carbocycles. The summed E-state index contributed by atoms with van der Waals surface area (Å²) in [5.74, 6) is -0.418. The molecule has 0 fully saturated rings. The van der Waals surface area contributed by atoms with Crippen molar-refractivity contribution in [3.05, 3.63) is 39.3 Å². The van der Waals surface area contributed by atoms with E-state index in [2.05, 4.69) is 26.1 Å². The van der Waals surface area contributed by atoms with Crippen LogP contribution in [-0.2, 0) is 6.54 Å². The molecule has 1 aromatic heterocycles. The molecule has 2 aromatic rings. The van der Waals surface area contributed by atoms with Crippen LogP contribution in [0.2, 0.25) is 0 Å². The van der Waals surface area contributed by atoms with Crippen LogP contribution in [0.4, 0.5) is 5.13 Å². The van der Waals surface area contributed by atoms with Crippen LogP contribution in [0.3, 0.4) is 0 Å². The van der Waals surface area contributed by atoms with Gasteiger partial charge < -0.3 is 10.6 Å². The van der Waals surface area contributed by atoms with Crippen molar-refractivity contribution in [2.75, 3.05) is 11.9 Å². The van der Waals surface area contributed by atoms with Gasteiger partial charge in [0.15, 0.2) is 3.92 Å². The van der Waals surface area contributed by atoms with Gasteiger partial charge in [-0.3, -0.25) is 4.79 Å². The fraction of sp³-hybridized carbons (Fsp3) is 0.182. The lowest BCUT2D eigenvalue weighted by Crippen LogP contribution is -2.17. The normalized spacial score (nSPS) is 10.3. The smallest absolute Gasteiger partial charge is 0.248 e. The van der Waals surface area contributed by atoms with Crippen molar-refractivity contribution < 1.29 is 4.79 Å². The van der Waals surface area contributed by atoms with Crippen LogP contribution >= 0.6 is 27.3 Å². The Balaban J connectivity index is 2.14. The van der Waals surface area contributed by atoms with Crippen LogP contribution in [0.25, 0.3) is 0 Å². The highest BCUT2D eigenvalue weighted by Crippen LogP contribution is 2.24. The van der Waals surface area contributed by atoms with E-state index in [4.69, 9.17) is 5.73 Å². The molecule has 18 heavy (non-hydrogen) atoms. The second-order valence-corrected chi connectivity index (χ2v) is 5.99. The molecule has 1 amide bonds. The number of aromatic nitrogens is 2. The quantitative estimate of drug-likeness (QED) is 0.933. The van der Waals surface area contributed by atoms with E-state index in [1.165, 1.54) is 11.3 Å². The monoisotopic (exact) mass is 326 g/mol. The van der Waals surface area contributed by atoms with Crippen molar-refractivity contribution in [2.45, 2.75) is 6.54 Å². The highest BCUT2D eigenvalue weighted by atomic mass is 79.9. The predicted molar refractivity (Wildman–Crippen MR) is 74.7 cm³/mol. The Morgan fingerprint density at radius 1 is 1.50 bits per heavy atom. The number of halogens is 1. The molecular weight excluding hydrogens is 316 g/mol. The summed E-state index contributed by atoms with van der Waals surface area (Å²) < 4.78 is 0.746. The van der Waals surface area contributed by atoms with Crippen LogP contribution in [0, 0.1) is 0 Å². The zero-order chi connectivity index (χ0) is 13.1. The molecule has 0 radical (unpaired) electrons. The minimum atomic E-state index is -0.418. The van der Waals surface area contributed by atoms with Gasteiger partial charge in [0.1, 0.15) is 0 Å². The minimum Gasteiger partial charge on any atom is -0.366 e. The minimum absolute atomic E-state index is 0.418. The Labute approximate surface area is 117 Å². The molecule has 0 spiro atoms. The van der Waals surface area contributed by atoms with Crippen LogP contribution in [-0.4, -0.2) is 23.2 Å². The fourth-order valence-corrected chi connectivity index (χ4v) is 2.56. The predicted octanol–water partition coefficient (Wildman–Crippen LogP) is 2.04. The summed E-state index contributed by atoms with van der Waals surface area (Å²) >= 11 is 4.73. The number of hydrogen-bond acceptors (Lipinski definition) is 5. The molecule has 0 aliphatic heterocycles. The van der Waals surface area contributed by atoms with E-state index in [1.54, 1.807) is 12.1 Å². The van der Waals surface area contributed by atoms with E-state index in [0.717, 1.165) is 14.6 Å². The van der Waals surface area contributed by atoms with Crippen molar-refractivity contribution in [1.82, 2.24) is 10.2 Å². The van der Waals surface area contributed by atoms with Gasteiger partial charge in [-0.05, 0) is 33.6 Å². The number of nitrogens with two attached hydrogens (primary N) is 1. The molecule has 0 atom stereocenters. The Hall–Kier alpha value is -1.47. The van der Waals surface area contributed by atoms with Crippen LogP contribution < -0.4 is 10.6 Å². The Kier molecular flexibility index (Phi) is 3.93. The molecule has 94 valence electrons. The summed E-state index contributed by atoms with van der Waals surface area (Å²) in [6.07, 6.45) is 0. The van der Waals surface area contributed by atoms with E-state index in [-0.39, 0.29) is 0 Å². The lowest BCUT2D eigenvalue weighted by atomic mass is 10.1. The van der Waals surface area contributed by atoms with E-state index in [0.29, 0.717) is 12.1 Å². The number of anilines is 1. The number of benzene rings is 1. The first-order chi connectivity index (χ1) is 8.56. The molecule has 0 saturated heterocycles. The Morgan fingerprint density at radius 2 is 2.28 bits per heavy atom. The molecule has 7 heteroatoms. The SMILES string of the molecule is CN(Cc1cccc(C(N)=O)c1)c1nnc(Br)s1. The maximum absolute atomic E-state index is 11.1. The summed E-state index contributed by atoms with van der Waals surface area (Å²) in [6.45, 7) is 0.642. The number of carbonyl (C=O) groups excluding carboxylic acids is 1. The number of hydrogen-bond donors (Lipinski definition) is 1. The molecule has 0 bridgehead atoms. The van der Waals surface area contributed by atoms with Crippen molar-refractivity contribution in [1.29, 1.82) is 0 Å². The van der Waals surface area contributed by atoms with E-state index in [9.17, 15) is 4.79 Å². The van der Waals surface area contributed by atoms with E-state index >= 15 is 0 Å². The number of primary amides is 1. The summed E-state index contributed by atoms with van der Waals surface area (Å²) in [5.41, 5.74) is 6.76. The fourth-order valence-electron chi connectivity index (χ4n) is 1.52. The summed E-state index contributed by atoms with van der Waals surface area (Å²) in [6, 6.07) is 7.25. The first-order valence-corrected chi connectivity index (χ1v) is 6.76. The van der Waals surface area contributed by atoms with Gasteiger partial charge in [0.05, 0.1) is 0 Å². The van der Waals surface area contributed by atoms with Gasteiger partial charge in [-0.25, -0.2) is 0 Å². The van der Waals surface area contributed by atoms with Gasteiger partial charge in [0.25, 0.3) is 0 Å². The third-order valence-electron chi connectivity index (χ3n) is 2.35. The molecule has 0 unspecified atom stereocenters. The highest BCUT2D eigenvalue weighted by molar-refractivity contribution is 9.11. The molecule has 1 heterocycles. The standard InChI is InChI=1S/C11H11BrN4OS/c1-16(11-15-14-10(12)18-11)6-7-3-2-4-8(5-7)9(13)17/h2-5H,6H2,1H3,(H2,13,17). The lowest BCUT2D eigenvalue weighted by molar-refractivity contribution is 0.1000. The third kappa shape index (κ3) is 3.05. The van der Waals surface area contributed by atoms with Crippen LogP contribution in [0.5, 0.6) is 0 Å². The molecule has 0 aliphatic rings.